The molecule has 124 valence electrons. The second-order valence-electron chi connectivity index (χ2n) is 6.03. The van der Waals surface area contributed by atoms with E-state index in [0.29, 0.717) is 5.39 Å². The molecule has 0 amide bonds. The molecule has 0 bridgehead atoms. The topological polar surface area (TPSA) is 81.8 Å². The average molecular weight is 405 g/mol. The number of halogens is 2. The zero-order valence-corrected chi connectivity index (χ0v) is 15.0. The monoisotopic (exact) mass is 404 g/mol. The summed E-state index contributed by atoms with van der Waals surface area (Å²) in [4.78, 5) is 5.14. The van der Waals surface area contributed by atoms with Crippen molar-refractivity contribution in [1.29, 1.82) is 0 Å². The highest BCUT2D eigenvalue weighted by Gasteiger charge is 2.40. The smallest absolute Gasteiger partial charge is 0.203 e. The maximum Gasteiger partial charge on any atom is 0.203 e. The Morgan fingerprint density at radius 1 is 1.39 bits per heavy atom. The number of fused-ring (bicyclic) bond motifs is 1. The molecule has 0 aliphatic carbocycles. The van der Waals surface area contributed by atoms with Gasteiger partial charge in [0.05, 0.1) is 4.47 Å². The predicted molar refractivity (Wildman–Crippen MR) is 86.2 cm³/mol. The number of nitrogens with zero attached hydrogens (tertiary/aromatic N) is 2. The summed E-state index contributed by atoms with van der Waals surface area (Å²) in [6.45, 7) is 5.02. The standard InChI is InChI=1S/C14H14BrFN2O4S/c1-7(23(19,20)12-6-14(2,3)22-17-12)13-8-4-9(15)10(16)5-11(8)21-18-13/h4-5,7H,6H2,1-3H3. The van der Waals surface area contributed by atoms with Crippen molar-refractivity contribution in [3.63, 3.8) is 0 Å². The van der Waals surface area contributed by atoms with Crippen LogP contribution in [0.25, 0.3) is 11.0 Å². The second kappa shape index (κ2) is 5.27. The van der Waals surface area contributed by atoms with Crippen LogP contribution in [0.15, 0.2) is 26.3 Å². The predicted octanol–water partition coefficient (Wildman–Crippen LogP) is 3.72. The molecule has 1 unspecified atom stereocenters. The largest absolute Gasteiger partial charge is 0.389 e. The van der Waals surface area contributed by atoms with E-state index in [9.17, 15) is 12.8 Å². The Kier molecular flexibility index (Phi) is 3.75. The van der Waals surface area contributed by atoms with Crippen LogP contribution in [0.4, 0.5) is 4.39 Å². The van der Waals surface area contributed by atoms with E-state index >= 15 is 0 Å². The fraction of sp³-hybridized carbons (Fsp3) is 0.429. The highest BCUT2D eigenvalue weighted by molar-refractivity contribution is 9.10. The molecule has 0 fully saturated rings. The van der Waals surface area contributed by atoms with Gasteiger partial charge >= 0.3 is 0 Å². The molecule has 0 N–H and O–H groups in total. The number of hydrogen-bond donors (Lipinski definition) is 0. The van der Waals surface area contributed by atoms with Crippen LogP contribution in [0, 0.1) is 5.82 Å². The van der Waals surface area contributed by atoms with E-state index in [0.717, 1.165) is 6.07 Å². The molecule has 2 heterocycles. The minimum atomic E-state index is -3.75. The Bertz CT molecular complexity index is 920. The first-order chi connectivity index (χ1) is 10.6. The van der Waals surface area contributed by atoms with Gasteiger partial charge in [-0.2, -0.15) is 0 Å². The molecule has 0 radical (unpaired) electrons. The van der Waals surface area contributed by atoms with Crippen LogP contribution in [0.2, 0.25) is 0 Å². The number of sulfone groups is 1. The van der Waals surface area contributed by atoms with E-state index < -0.39 is 26.5 Å². The van der Waals surface area contributed by atoms with Crippen LogP contribution in [-0.4, -0.2) is 24.2 Å². The number of benzene rings is 1. The SMILES string of the molecule is CC(c1noc2cc(F)c(Br)cc12)S(=O)(=O)C1=NOC(C)(C)C1. The maximum atomic E-state index is 13.5. The summed E-state index contributed by atoms with van der Waals surface area (Å²) in [5, 5.41) is 6.95. The van der Waals surface area contributed by atoms with Crippen molar-refractivity contribution in [2.45, 2.75) is 38.0 Å². The number of oxime groups is 1. The van der Waals surface area contributed by atoms with E-state index in [2.05, 4.69) is 26.2 Å². The Morgan fingerprint density at radius 2 is 2.09 bits per heavy atom. The Morgan fingerprint density at radius 3 is 2.70 bits per heavy atom. The van der Waals surface area contributed by atoms with Gasteiger partial charge in [-0.3, -0.25) is 0 Å². The summed E-state index contributed by atoms with van der Waals surface area (Å²) >= 11 is 3.08. The minimum absolute atomic E-state index is 0.0210. The lowest BCUT2D eigenvalue weighted by Crippen LogP contribution is -2.25. The average Bonchev–Trinajstić information content (AvgIpc) is 3.02. The summed E-state index contributed by atoms with van der Waals surface area (Å²) in [5.41, 5.74) is -0.249. The highest BCUT2D eigenvalue weighted by atomic mass is 79.9. The molecule has 1 aliphatic heterocycles. The van der Waals surface area contributed by atoms with Gasteiger partial charge in [-0.15, -0.1) is 0 Å². The summed E-state index contributed by atoms with van der Waals surface area (Å²) in [6.07, 6.45) is 0.188. The molecule has 1 aromatic heterocycles. The first-order valence-electron chi connectivity index (χ1n) is 6.85. The molecule has 1 atom stereocenters. The van der Waals surface area contributed by atoms with Gasteiger partial charge in [-0.1, -0.05) is 10.3 Å². The van der Waals surface area contributed by atoms with Gasteiger partial charge in [0, 0.05) is 17.9 Å². The highest BCUT2D eigenvalue weighted by Crippen LogP contribution is 2.35. The van der Waals surface area contributed by atoms with Gasteiger partial charge in [0.15, 0.2) is 10.6 Å². The molecule has 1 aromatic carbocycles. The van der Waals surface area contributed by atoms with Crippen LogP contribution in [0.5, 0.6) is 0 Å². The fourth-order valence-electron chi connectivity index (χ4n) is 2.35. The van der Waals surface area contributed by atoms with Crippen LogP contribution < -0.4 is 0 Å². The van der Waals surface area contributed by atoms with E-state index in [-0.39, 0.29) is 27.2 Å². The van der Waals surface area contributed by atoms with Gasteiger partial charge < -0.3 is 9.36 Å². The van der Waals surface area contributed by atoms with Crippen molar-refractivity contribution in [2.75, 3.05) is 0 Å². The van der Waals surface area contributed by atoms with E-state index in [4.69, 9.17) is 9.36 Å². The molecular formula is C14H14BrFN2O4S. The van der Waals surface area contributed by atoms with Crippen molar-refractivity contribution < 1.29 is 22.2 Å². The number of aromatic nitrogens is 1. The molecule has 0 spiro atoms. The van der Waals surface area contributed by atoms with Crippen LogP contribution in [0.3, 0.4) is 0 Å². The Balaban J connectivity index is 2.04. The van der Waals surface area contributed by atoms with Gasteiger partial charge in [-0.25, -0.2) is 12.8 Å². The van der Waals surface area contributed by atoms with Crippen molar-refractivity contribution in [2.24, 2.45) is 5.16 Å². The molecular weight excluding hydrogens is 391 g/mol. The maximum absolute atomic E-state index is 13.5. The first kappa shape index (κ1) is 16.4. The Hall–Kier alpha value is -1.48. The third-order valence-electron chi connectivity index (χ3n) is 3.69. The van der Waals surface area contributed by atoms with Crippen LogP contribution >= 0.6 is 15.9 Å². The normalized spacial score (nSPS) is 18.7. The third kappa shape index (κ3) is 2.76. The van der Waals surface area contributed by atoms with Gasteiger partial charge in [0.2, 0.25) is 9.84 Å². The van der Waals surface area contributed by atoms with Crippen LogP contribution in [0.1, 0.15) is 38.1 Å². The van der Waals surface area contributed by atoms with Gasteiger partial charge in [0.1, 0.15) is 22.4 Å². The quantitative estimate of drug-likeness (QED) is 0.761. The zero-order valence-electron chi connectivity index (χ0n) is 12.6. The summed E-state index contributed by atoms with van der Waals surface area (Å²) in [7, 11) is -3.75. The molecule has 3 rings (SSSR count). The summed E-state index contributed by atoms with van der Waals surface area (Å²) < 4.78 is 44.3. The molecule has 1 aliphatic rings. The lowest BCUT2D eigenvalue weighted by atomic mass is 10.1. The van der Waals surface area contributed by atoms with Gasteiger partial charge in [0.25, 0.3) is 0 Å². The zero-order chi connectivity index (χ0) is 17.0. The van der Waals surface area contributed by atoms with Crippen molar-refractivity contribution in [3.8, 4) is 0 Å². The lowest BCUT2D eigenvalue weighted by molar-refractivity contribution is 0.0123. The van der Waals surface area contributed by atoms with Crippen LogP contribution in [-0.2, 0) is 14.7 Å². The third-order valence-corrected chi connectivity index (χ3v) is 6.33. The molecule has 23 heavy (non-hydrogen) atoms. The van der Waals surface area contributed by atoms with E-state index in [1.807, 2.05) is 0 Å². The summed E-state index contributed by atoms with van der Waals surface area (Å²) in [6, 6.07) is 2.62. The fourth-order valence-corrected chi connectivity index (χ4v) is 4.26. The second-order valence-corrected chi connectivity index (χ2v) is 9.15. The first-order valence-corrected chi connectivity index (χ1v) is 9.19. The minimum Gasteiger partial charge on any atom is -0.389 e. The molecule has 9 heteroatoms. The number of hydrogen-bond acceptors (Lipinski definition) is 6. The van der Waals surface area contributed by atoms with Crippen molar-refractivity contribution >= 4 is 41.8 Å². The van der Waals surface area contributed by atoms with E-state index in [1.54, 1.807) is 13.8 Å². The van der Waals surface area contributed by atoms with Crippen molar-refractivity contribution in [1.82, 2.24) is 5.16 Å². The lowest BCUT2D eigenvalue weighted by Gasteiger charge is -2.14. The molecule has 6 nitrogen and oxygen atoms in total. The number of rotatable bonds is 2. The molecule has 0 saturated carbocycles. The summed E-state index contributed by atoms with van der Waals surface area (Å²) in [5.74, 6) is -0.508. The molecule has 0 saturated heterocycles. The van der Waals surface area contributed by atoms with E-state index in [1.165, 1.54) is 13.0 Å². The van der Waals surface area contributed by atoms with Gasteiger partial charge in [-0.05, 0) is 42.8 Å². The molecule has 2 aromatic rings. The Labute approximate surface area is 140 Å². The van der Waals surface area contributed by atoms with Crippen molar-refractivity contribution in [3.05, 3.63) is 28.1 Å².